The van der Waals surface area contributed by atoms with Crippen LogP contribution in [0.25, 0.3) is 16.9 Å². The zero-order valence-electron chi connectivity index (χ0n) is 11.6. The molecule has 3 aromatic rings. The lowest BCUT2D eigenvalue weighted by molar-refractivity contribution is 1.17. The van der Waals surface area contributed by atoms with E-state index in [9.17, 15) is 0 Å². The van der Waals surface area contributed by atoms with Crippen molar-refractivity contribution >= 4 is 33.6 Å². The summed E-state index contributed by atoms with van der Waals surface area (Å²) in [5.74, 6) is 0.839. The smallest absolute Gasteiger partial charge is 0.165 e. The summed E-state index contributed by atoms with van der Waals surface area (Å²) in [4.78, 5) is 9.26. The molecule has 0 fully saturated rings. The van der Waals surface area contributed by atoms with E-state index < -0.39 is 0 Å². The minimum Gasteiger partial charge on any atom is -0.284 e. The Labute approximate surface area is 131 Å². The van der Waals surface area contributed by atoms with Crippen LogP contribution in [0.4, 0.5) is 5.82 Å². The van der Waals surface area contributed by atoms with Gasteiger partial charge in [0.15, 0.2) is 5.82 Å². The molecule has 0 atom stereocenters. The Morgan fingerprint density at radius 2 is 1.95 bits per heavy atom. The molecule has 0 unspecified atom stereocenters. The lowest BCUT2D eigenvalue weighted by Gasteiger charge is -2.00. The van der Waals surface area contributed by atoms with Gasteiger partial charge in [-0.15, -0.1) is 0 Å². The first-order valence-corrected chi connectivity index (χ1v) is 7.47. The van der Waals surface area contributed by atoms with Crippen LogP contribution in [0, 0.1) is 0 Å². The molecule has 2 aromatic heterocycles. The van der Waals surface area contributed by atoms with Crippen LogP contribution in [0.1, 0.15) is 6.92 Å². The Balaban J connectivity index is 2.20. The van der Waals surface area contributed by atoms with Gasteiger partial charge in [-0.1, -0.05) is 40.2 Å². The van der Waals surface area contributed by atoms with Gasteiger partial charge < -0.3 is 0 Å². The first-order valence-electron chi connectivity index (χ1n) is 6.68. The summed E-state index contributed by atoms with van der Waals surface area (Å²) >= 11 is 3.46. The van der Waals surface area contributed by atoms with Crippen LogP contribution in [0.5, 0.6) is 0 Å². The minimum atomic E-state index is 0.839. The Bertz CT molecular complexity index is 814. The molecule has 2 heterocycles. The number of allylic oxidation sites excluding steroid dienone is 2. The van der Waals surface area contributed by atoms with E-state index in [1.54, 1.807) is 6.21 Å². The number of hydrogen-bond donors (Lipinski definition) is 0. The second kappa shape index (κ2) is 6.06. The zero-order valence-corrected chi connectivity index (χ0v) is 13.2. The summed E-state index contributed by atoms with van der Waals surface area (Å²) in [6, 6.07) is 14.1. The predicted octanol–water partition coefficient (Wildman–Crippen LogP) is 5.04. The summed E-state index contributed by atoms with van der Waals surface area (Å²) in [5, 5.41) is 0. The molecule has 0 radical (unpaired) electrons. The summed E-state index contributed by atoms with van der Waals surface area (Å²) in [5.41, 5.74) is 2.83. The van der Waals surface area contributed by atoms with Crippen LogP contribution < -0.4 is 0 Å². The molecule has 3 nitrogen and oxygen atoms in total. The van der Waals surface area contributed by atoms with E-state index in [1.807, 2.05) is 72.1 Å². The molecule has 1 aromatic carbocycles. The summed E-state index contributed by atoms with van der Waals surface area (Å²) in [6.45, 7) is 1.97. The van der Waals surface area contributed by atoms with E-state index in [2.05, 4.69) is 20.9 Å². The average Bonchev–Trinajstić information content (AvgIpc) is 2.87. The summed E-state index contributed by atoms with van der Waals surface area (Å²) in [7, 11) is 0. The molecule has 21 heavy (non-hydrogen) atoms. The number of fused-ring (bicyclic) bond motifs is 1. The number of aromatic nitrogens is 2. The highest BCUT2D eigenvalue weighted by Crippen LogP contribution is 2.31. The number of nitrogens with zero attached hydrogens (tertiary/aromatic N) is 3. The van der Waals surface area contributed by atoms with Gasteiger partial charge in [-0.25, -0.2) is 9.98 Å². The van der Waals surface area contributed by atoms with E-state index in [1.165, 1.54) is 0 Å². The first-order chi connectivity index (χ1) is 10.3. The van der Waals surface area contributed by atoms with Gasteiger partial charge >= 0.3 is 0 Å². The largest absolute Gasteiger partial charge is 0.284 e. The number of rotatable bonds is 3. The van der Waals surface area contributed by atoms with Crippen LogP contribution >= 0.6 is 15.9 Å². The Morgan fingerprint density at radius 1 is 1.14 bits per heavy atom. The topological polar surface area (TPSA) is 29.7 Å². The fourth-order valence-electron chi connectivity index (χ4n) is 2.11. The second-order valence-corrected chi connectivity index (χ2v) is 5.44. The monoisotopic (exact) mass is 339 g/mol. The number of benzene rings is 1. The molecule has 4 heteroatoms. The first kappa shape index (κ1) is 13.8. The molecule has 0 aliphatic carbocycles. The molecule has 0 N–H and O–H groups in total. The number of imidazole rings is 1. The third kappa shape index (κ3) is 2.81. The number of halogens is 1. The zero-order chi connectivity index (χ0) is 14.7. The molecular formula is C17H14BrN3. The maximum atomic E-state index is 4.70. The lowest BCUT2D eigenvalue weighted by Crippen LogP contribution is -1.82. The van der Waals surface area contributed by atoms with Crippen molar-refractivity contribution in [1.82, 2.24) is 9.38 Å². The minimum absolute atomic E-state index is 0.839. The predicted molar refractivity (Wildman–Crippen MR) is 91.3 cm³/mol. The quantitative estimate of drug-likeness (QED) is 0.614. The molecule has 0 aliphatic rings. The van der Waals surface area contributed by atoms with E-state index in [4.69, 9.17) is 4.98 Å². The summed E-state index contributed by atoms with van der Waals surface area (Å²) in [6.07, 6.45) is 7.63. The van der Waals surface area contributed by atoms with Crippen LogP contribution in [-0.4, -0.2) is 15.6 Å². The van der Waals surface area contributed by atoms with E-state index in [-0.39, 0.29) is 0 Å². The molecule has 0 saturated heterocycles. The highest BCUT2D eigenvalue weighted by atomic mass is 79.9. The normalized spacial score (nSPS) is 11.9. The van der Waals surface area contributed by atoms with Gasteiger partial charge in [0.25, 0.3) is 0 Å². The van der Waals surface area contributed by atoms with Crippen molar-refractivity contribution in [3.8, 4) is 11.3 Å². The third-order valence-corrected chi connectivity index (χ3v) is 3.63. The standard InChI is InChI=1S/C17H14BrN3/c1-2-3-11-19-17-16(13-7-9-14(18)10-8-13)20-15-6-4-5-12-21(15)17/h2-12H,1H3/b3-2+,19-11+. The number of pyridine rings is 1. The lowest BCUT2D eigenvalue weighted by atomic mass is 10.1. The third-order valence-electron chi connectivity index (χ3n) is 3.10. The van der Waals surface area contributed by atoms with Crippen molar-refractivity contribution in [3.63, 3.8) is 0 Å². The van der Waals surface area contributed by atoms with Crippen molar-refractivity contribution in [2.45, 2.75) is 6.92 Å². The van der Waals surface area contributed by atoms with Gasteiger partial charge in [-0.2, -0.15) is 0 Å². The van der Waals surface area contributed by atoms with Crippen LogP contribution in [0.2, 0.25) is 0 Å². The van der Waals surface area contributed by atoms with Crippen molar-refractivity contribution < 1.29 is 0 Å². The van der Waals surface area contributed by atoms with E-state index >= 15 is 0 Å². The van der Waals surface area contributed by atoms with Crippen LogP contribution in [0.3, 0.4) is 0 Å². The second-order valence-electron chi connectivity index (χ2n) is 4.52. The van der Waals surface area contributed by atoms with Gasteiger partial charge in [0.1, 0.15) is 11.3 Å². The fraction of sp³-hybridized carbons (Fsp3) is 0.0588. The molecule has 0 aliphatic heterocycles. The molecule has 0 bridgehead atoms. The summed E-state index contributed by atoms with van der Waals surface area (Å²) < 4.78 is 3.05. The van der Waals surface area contributed by atoms with Gasteiger partial charge in [0, 0.05) is 22.4 Å². The van der Waals surface area contributed by atoms with Crippen molar-refractivity contribution in [2.24, 2.45) is 4.99 Å². The Kier molecular flexibility index (Phi) is 3.97. The van der Waals surface area contributed by atoms with Crippen LogP contribution in [-0.2, 0) is 0 Å². The maximum Gasteiger partial charge on any atom is 0.165 e. The van der Waals surface area contributed by atoms with Crippen LogP contribution in [0.15, 0.2) is 70.3 Å². The van der Waals surface area contributed by atoms with Gasteiger partial charge in [0.05, 0.1) is 0 Å². The fourth-order valence-corrected chi connectivity index (χ4v) is 2.37. The molecule has 3 rings (SSSR count). The Hall–Kier alpha value is -2.20. The van der Waals surface area contributed by atoms with Crippen molar-refractivity contribution in [3.05, 3.63) is 65.3 Å². The molecule has 0 amide bonds. The van der Waals surface area contributed by atoms with Gasteiger partial charge in [-0.3, -0.25) is 4.40 Å². The van der Waals surface area contributed by atoms with Gasteiger partial charge in [-0.05, 0) is 37.3 Å². The number of aliphatic imine (C=N–C) groups is 1. The van der Waals surface area contributed by atoms with Crippen molar-refractivity contribution in [1.29, 1.82) is 0 Å². The van der Waals surface area contributed by atoms with E-state index in [0.29, 0.717) is 0 Å². The molecule has 0 spiro atoms. The van der Waals surface area contributed by atoms with Crippen molar-refractivity contribution in [2.75, 3.05) is 0 Å². The maximum absolute atomic E-state index is 4.70. The van der Waals surface area contributed by atoms with E-state index in [0.717, 1.165) is 27.2 Å². The Morgan fingerprint density at radius 3 is 2.71 bits per heavy atom. The number of hydrogen-bond acceptors (Lipinski definition) is 2. The SMILES string of the molecule is C/C=C/C=N/c1c(-c2ccc(Br)cc2)nc2ccccn12. The van der Waals surface area contributed by atoms with Gasteiger partial charge in [0.2, 0.25) is 0 Å². The molecule has 104 valence electrons. The molecular weight excluding hydrogens is 326 g/mol. The highest BCUT2D eigenvalue weighted by molar-refractivity contribution is 9.10. The highest BCUT2D eigenvalue weighted by Gasteiger charge is 2.12. The molecule has 0 saturated carbocycles. The average molecular weight is 340 g/mol.